The van der Waals surface area contributed by atoms with Gasteiger partial charge in [0.05, 0.1) is 17.6 Å². The van der Waals surface area contributed by atoms with E-state index in [-0.39, 0.29) is 17.7 Å². The molecule has 0 aliphatic carbocycles. The largest absolute Gasteiger partial charge is 0.356 e. The smallest absolute Gasteiger partial charge is 0.259 e. The quantitative estimate of drug-likeness (QED) is 0.573. The highest BCUT2D eigenvalue weighted by Gasteiger charge is 2.42. The third-order valence-corrected chi connectivity index (χ3v) is 6.22. The Hall–Kier alpha value is -3.55. The van der Waals surface area contributed by atoms with Gasteiger partial charge in [0.15, 0.2) is 17.5 Å². The second-order valence-electron chi connectivity index (χ2n) is 8.99. The van der Waals surface area contributed by atoms with E-state index >= 15 is 0 Å². The first kappa shape index (κ1) is 21.3. The Morgan fingerprint density at radius 3 is 2.52 bits per heavy atom. The monoisotopic (exact) mass is 453 g/mol. The summed E-state index contributed by atoms with van der Waals surface area (Å²) >= 11 is 0. The fourth-order valence-corrected chi connectivity index (χ4v) is 4.91. The highest BCUT2D eigenvalue weighted by molar-refractivity contribution is 6.11. The number of amides is 2. The molecule has 5 rings (SSSR count). The van der Waals surface area contributed by atoms with Gasteiger partial charge in [-0.15, -0.1) is 0 Å². The molecule has 5 nitrogen and oxygen atoms in total. The van der Waals surface area contributed by atoms with E-state index < -0.39 is 35.2 Å². The maximum Gasteiger partial charge on any atom is 0.259 e. The number of carbonyl (C=O) groups is 2. The predicted molar refractivity (Wildman–Crippen MR) is 118 cm³/mol. The number of halogens is 3. The first-order valence-corrected chi connectivity index (χ1v) is 10.8. The van der Waals surface area contributed by atoms with Crippen LogP contribution in [0.25, 0.3) is 10.9 Å². The Labute approximate surface area is 188 Å². The lowest BCUT2D eigenvalue weighted by molar-refractivity contribution is -0.139. The standard InChI is InChI=1S/C25H22F3N3O2/c1-12(2)9-30-10-15-21(14-7-16(26)24(28)17(27)8-14)23-19(11-31(13(3)32)25(23)33)29-18-5-4-6-20(30)22(15)18/h4-8,10,12,21,29H,9,11H2,1-3H3/t21-/m0/s1. The average molecular weight is 453 g/mol. The second kappa shape index (κ2) is 7.50. The summed E-state index contributed by atoms with van der Waals surface area (Å²) in [5, 5.41) is 4.12. The number of nitrogens with one attached hydrogen (secondary N) is 1. The minimum atomic E-state index is -1.56. The molecule has 0 saturated carbocycles. The average Bonchev–Trinajstić information content (AvgIpc) is 3.21. The highest BCUT2D eigenvalue weighted by Crippen LogP contribution is 2.46. The molecule has 0 fully saturated rings. The molecule has 2 aliphatic rings. The van der Waals surface area contributed by atoms with E-state index in [0.29, 0.717) is 23.7 Å². The molecule has 1 aromatic heterocycles. The van der Waals surface area contributed by atoms with Crippen molar-refractivity contribution >= 4 is 28.4 Å². The minimum absolute atomic E-state index is 0.0266. The van der Waals surface area contributed by atoms with Gasteiger partial charge in [0.1, 0.15) is 0 Å². The molecule has 33 heavy (non-hydrogen) atoms. The van der Waals surface area contributed by atoms with Gasteiger partial charge in [0.2, 0.25) is 5.91 Å². The summed E-state index contributed by atoms with van der Waals surface area (Å²) in [4.78, 5) is 26.6. The third kappa shape index (κ3) is 3.23. The molecule has 0 bridgehead atoms. The number of rotatable bonds is 3. The Morgan fingerprint density at radius 1 is 1.18 bits per heavy atom. The van der Waals surface area contributed by atoms with Crippen LogP contribution in [0.3, 0.4) is 0 Å². The van der Waals surface area contributed by atoms with Gasteiger partial charge in [-0.05, 0) is 41.3 Å². The van der Waals surface area contributed by atoms with Gasteiger partial charge in [0, 0.05) is 42.4 Å². The van der Waals surface area contributed by atoms with Crippen molar-refractivity contribution < 1.29 is 22.8 Å². The number of hydrogen-bond donors (Lipinski definition) is 1. The Bertz CT molecular complexity index is 1350. The van der Waals surface area contributed by atoms with Crippen molar-refractivity contribution in [3.05, 3.63) is 76.4 Å². The number of carbonyl (C=O) groups excluding carboxylic acids is 2. The van der Waals surface area contributed by atoms with Crippen molar-refractivity contribution in [1.29, 1.82) is 0 Å². The van der Waals surface area contributed by atoms with Crippen molar-refractivity contribution in [2.24, 2.45) is 5.92 Å². The van der Waals surface area contributed by atoms with Gasteiger partial charge in [-0.1, -0.05) is 19.9 Å². The first-order chi connectivity index (χ1) is 15.7. The van der Waals surface area contributed by atoms with Gasteiger partial charge in [0.25, 0.3) is 5.91 Å². The topological polar surface area (TPSA) is 54.3 Å². The molecule has 3 aromatic rings. The van der Waals surface area contributed by atoms with Gasteiger partial charge in [-0.25, -0.2) is 13.2 Å². The van der Waals surface area contributed by atoms with E-state index in [0.717, 1.165) is 33.6 Å². The van der Waals surface area contributed by atoms with E-state index in [1.165, 1.54) is 6.92 Å². The van der Waals surface area contributed by atoms with Gasteiger partial charge >= 0.3 is 0 Å². The molecule has 0 saturated heterocycles. The molecule has 2 amide bonds. The fourth-order valence-electron chi connectivity index (χ4n) is 4.91. The zero-order chi connectivity index (χ0) is 23.6. The molecule has 2 aliphatic heterocycles. The molecule has 3 heterocycles. The van der Waals surface area contributed by atoms with Crippen molar-refractivity contribution in [3.8, 4) is 0 Å². The normalized spacial score (nSPS) is 17.6. The lowest BCUT2D eigenvalue weighted by Gasteiger charge is -2.20. The summed E-state index contributed by atoms with van der Waals surface area (Å²) in [5.74, 6) is -5.74. The van der Waals surface area contributed by atoms with Crippen LogP contribution in [0, 0.1) is 23.4 Å². The zero-order valence-electron chi connectivity index (χ0n) is 18.4. The lowest BCUT2D eigenvalue weighted by atomic mass is 9.84. The van der Waals surface area contributed by atoms with Crippen LogP contribution in [0.4, 0.5) is 18.9 Å². The number of hydrogen-bond acceptors (Lipinski definition) is 3. The second-order valence-corrected chi connectivity index (χ2v) is 8.99. The van der Waals surface area contributed by atoms with Crippen LogP contribution < -0.4 is 5.32 Å². The van der Waals surface area contributed by atoms with Crippen molar-refractivity contribution in [1.82, 2.24) is 9.47 Å². The number of nitrogens with zero attached hydrogens (tertiary/aromatic N) is 2. The van der Waals surface area contributed by atoms with Gasteiger partial charge < -0.3 is 9.88 Å². The summed E-state index contributed by atoms with van der Waals surface area (Å²) in [7, 11) is 0. The van der Waals surface area contributed by atoms with Crippen LogP contribution in [0.2, 0.25) is 0 Å². The molecule has 170 valence electrons. The van der Waals surface area contributed by atoms with E-state index in [1.807, 2.05) is 24.4 Å². The molecule has 1 atom stereocenters. The lowest BCUT2D eigenvalue weighted by Crippen LogP contribution is -2.33. The Morgan fingerprint density at radius 2 is 1.88 bits per heavy atom. The summed E-state index contributed by atoms with van der Waals surface area (Å²) in [6.07, 6.45) is 1.89. The summed E-state index contributed by atoms with van der Waals surface area (Å²) in [5.41, 5.74) is 3.15. The Kier molecular flexibility index (Phi) is 4.84. The highest BCUT2D eigenvalue weighted by atomic mass is 19.2. The van der Waals surface area contributed by atoms with Crippen molar-refractivity contribution in [2.75, 3.05) is 11.9 Å². The zero-order valence-corrected chi connectivity index (χ0v) is 18.4. The van der Waals surface area contributed by atoms with E-state index in [2.05, 4.69) is 23.7 Å². The van der Waals surface area contributed by atoms with Crippen LogP contribution in [0.1, 0.15) is 37.8 Å². The van der Waals surface area contributed by atoms with Gasteiger partial charge in [-0.3, -0.25) is 14.5 Å². The number of imide groups is 1. The summed E-state index contributed by atoms with van der Waals surface area (Å²) < 4.78 is 44.5. The van der Waals surface area contributed by atoms with Crippen LogP contribution in [0.15, 0.2) is 47.8 Å². The predicted octanol–water partition coefficient (Wildman–Crippen LogP) is 4.91. The minimum Gasteiger partial charge on any atom is -0.356 e. The van der Waals surface area contributed by atoms with Crippen molar-refractivity contribution in [2.45, 2.75) is 33.2 Å². The molecule has 0 spiro atoms. The summed E-state index contributed by atoms with van der Waals surface area (Å²) in [6, 6.07) is 7.57. The Balaban J connectivity index is 1.82. The maximum absolute atomic E-state index is 14.3. The van der Waals surface area contributed by atoms with E-state index in [4.69, 9.17) is 0 Å². The number of aromatic nitrogens is 1. The fraction of sp³-hybridized carbons (Fsp3) is 0.280. The molecule has 1 N–H and O–H groups in total. The number of anilines is 1. The van der Waals surface area contributed by atoms with Crippen LogP contribution in [0.5, 0.6) is 0 Å². The molecule has 0 radical (unpaired) electrons. The van der Waals surface area contributed by atoms with Crippen molar-refractivity contribution in [3.63, 3.8) is 0 Å². The number of benzene rings is 2. The van der Waals surface area contributed by atoms with Gasteiger partial charge in [-0.2, -0.15) is 0 Å². The SMILES string of the molecule is CC(=O)N1CC2=C(C1=O)[C@@H](c1cc(F)c(F)c(F)c1)c1cn(CC(C)C)c3cccc(c13)N2. The summed E-state index contributed by atoms with van der Waals surface area (Å²) in [6.45, 7) is 6.17. The van der Waals surface area contributed by atoms with E-state index in [9.17, 15) is 22.8 Å². The molecule has 2 aromatic carbocycles. The van der Waals surface area contributed by atoms with E-state index in [1.54, 1.807) is 0 Å². The third-order valence-electron chi connectivity index (χ3n) is 6.22. The molecular formula is C25H22F3N3O2. The molecule has 0 unspecified atom stereocenters. The van der Waals surface area contributed by atoms with Crippen LogP contribution in [-0.2, 0) is 16.1 Å². The molecular weight excluding hydrogens is 431 g/mol. The first-order valence-electron chi connectivity index (χ1n) is 10.8. The van der Waals surface area contributed by atoms with Crippen LogP contribution >= 0.6 is 0 Å². The van der Waals surface area contributed by atoms with Crippen LogP contribution in [-0.4, -0.2) is 27.8 Å². The maximum atomic E-state index is 14.3. The molecule has 8 heteroatoms.